The molecule has 0 aliphatic rings. The molecule has 0 fully saturated rings. The number of ketones is 1. The van der Waals surface area contributed by atoms with Gasteiger partial charge in [0.2, 0.25) is 0 Å². The third-order valence-electron chi connectivity index (χ3n) is 2.76. The van der Waals surface area contributed by atoms with E-state index >= 15 is 0 Å². The molecule has 2 nitrogen and oxygen atoms in total. The highest BCUT2D eigenvalue weighted by atomic mass is 16.1. The summed E-state index contributed by atoms with van der Waals surface area (Å²) >= 11 is 0. The van der Waals surface area contributed by atoms with Crippen molar-refractivity contribution < 1.29 is 4.79 Å². The van der Waals surface area contributed by atoms with Crippen LogP contribution in [0.2, 0.25) is 0 Å². The molecule has 0 aromatic heterocycles. The number of allylic oxidation sites excluding steroid dienone is 1. The number of carbonyl (C=O) groups is 1. The summed E-state index contributed by atoms with van der Waals surface area (Å²) < 4.78 is 0. The molecular formula is C13H25NO. The van der Waals surface area contributed by atoms with E-state index in [2.05, 4.69) is 32.7 Å². The van der Waals surface area contributed by atoms with Gasteiger partial charge in [-0.1, -0.05) is 26.3 Å². The summed E-state index contributed by atoms with van der Waals surface area (Å²) in [4.78, 5) is 13.8. The van der Waals surface area contributed by atoms with E-state index in [4.69, 9.17) is 0 Å². The van der Waals surface area contributed by atoms with Crippen LogP contribution in [0.5, 0.6) is 0 Å². The van der Waals surface area contributed by atoms with Crippen LogP contribution >= 0.6 is 0 Å². The average Bonchev–Trinajstić information content (AvgIpc) is 2.17. The quantitative estimate of drug-likeness (QED) is 0.603. The van der Waals surface area contributed by atoms with Crippen LogP contribution in [0.15, 0.2) is 12.2 Å². The topological polar surface area (TPSA) is 20.3 Å². The lowest BCUT2D eigenvalue weighted by Gasteiger charge is -2.18. The predicted octanol–water partition coefficient (Wildman–Crippen LogP) is 2.89. The van der Waals surface area contributed by atoms with Gasteiger partial charge in [-0.15, -0.1) is 0 Å². The fourth-order valence-electron chi connectivity index (χ4n) is 1.29. The highest BCUT2D eigenvalue weighted by Gasteiger charge is 2.07. The second kappa shape index (κ2) is 7.63. The van der Waals surface area contributed by atoms with Gasteiger partial charge in [0, 0.05) is 18.5 Å². The number of nitrogens with zero attached hydrogens (tertiary/aromatic N) is 1. The van der Waals surface area contributed by atoms with E-state index in [1.165, 1.54) is 0 Å². The van der Waals surface area contributed by atoms with Crippen molar-refractivity contribution in [3.8, 4) is 0 Å². The zero-order valence-electron chi connectivity index (χ0n) is 10.8. The Morgan fingerprint density at radius 3 is 2.40 bits per heavy atom. The third kappa shape index (κ3) is 6.45. The number of likely N-dealkylation sites (N-methyl/N-ethyl adjacent to an activating group) is 1. The number of carbonyl (C=O) groups excluding carboxylic acids is 1. The molecule has 0 spiro atoms. The molecule has 0 aromatic rings. The van der Waals surface area contributed by atoms with Crippen LogP contribution in [0.4, 0.5) is 0 Å². The van der Waals surface area contributed by atoms with E-state index in [9.17, 15) is 4.79 Å². The summed E-state index contributed by atoms with van der Waals surface area (Å²) in [7, 11) is 2.06. The van der Waals surface area contributed by atoms with Crippen LogP contribution in [0.3, 0.4) is 0 Å². The molecule has 0 amide bonds. The fraction of sp³-hybridized carbons (Fsp3) is 0.769. The first-order valence-corrected chi connectivity index (χ1v) is 5.89. The molecule has 0 aromatic carbocycles. The van der Waals surface area contributed by atoms with Crippen molar-refractivity contribution in [2.75, 3.05) is 13.6 Å². The largest absolute Gasteiger partial charge is 0.300 e. The van der Waals surface area contributed by atoms with E-state index in [-0.39, 0.29) is 11.7 Å². The van der Waals surface area contributed by atoms with E-state index in [0.717, 1.165) is 19.4 Å². The Morgan fingerprint density at radius 2 is 1.93 bits per heavy atom. The lowest BCUT2D eigenvalue weighted by molar-refractivity contribution is -0.117. The minimum Gasteiger partial charge on any atom is -0.300 e. The Morgan fingerprint density at radius 1 is 1.33 bits per heavy atom. The minimum absolute atomic E-state index is 0.176. The number of hydrogen-bond donors (Lipinski definition) is 0. The normalized spacial score (nSPS) is 14.1. The molecule has 0 aliphatic carbocycles. The smallest absolute Gasteiger partial charge is 0.158 e. The molecule has 0 N–H and O–H groups in total. The summed E-state index contributed by atoms with van der Waals surface area (Å²) in [6, 6.07) is 0.526. The van der Waals surface area contributed by atoms with E-state index < -0.39 is 0 Å². The maximum absolute atomic E-state index is 11.6. The van der Waals surface area contributed by atoms with Gasteiger partial charge in [0.05, 0.1) is 0 Å². The van der Waals surface area contributed by atoms with E-state index in [0.29, 0.717) is 6.04 Å². The van der Waals surface area contributed by atoms with E-state index in [1.54, 1.807) is 6.08 Å². The highest BCUT2D eigenvalue weighted by Crippen LogP contribution is 2.06. The van der Waals surface area contributed by atoms with Crippen molar-refractivity contribution in [1.29, 1.82) is 0 Å². The molecule has 0 rings (SSSR count). The number of rotatable bonds is 7. The summed E-state index contributed by atoms with van der Waals surface area (Å²) in [5.41, 5.74) is 0. The van der Waals surface area contributed by atoms with Crippen LogP contribution in [0.1, 0.15) is 40.5 Å². The average molecular weight is 211 g/mol. The first-order chi connectivity index (χ1) is 6.99. The van der Waals surface area contributed by atoms with Crippen molar-refractivity contribution in [1.82, 2.24) is 4.90 Å². The standard InChI is InChI=1S/C13H25NO/c1-6-8-12(4)13(15)9-7-10-14(5)11(2)3/h7,9,11-12H,6,8,10H2,1-5H3/b9-7+. The summed E-state index contributed by atoms with van der Waals surface area (Å²) in [6.45, 7) is 9.26. The van der Waals surface area contributed by atoms with Crippen molar-refractivity contribution >= 4 is 5.78 Å². The fourth-order valence-corrected chi connectivity index (χ4v) is 1.29. The van der Waals surface area contributed by atoms with E-state index in [1.807, 2.05) is 13.0 Å². The van der Waals surface area contributed by atoms with Crippen LogP contribution < -0.4 is 0 Å². The van der Waals surface area contributed by atoms with Gasteiger partial charge >= 0.3 is 0 Å². The van der Waals surface area contributed by atoms with Gasteiger partial charge in [-0.25, -0.2) is 0 Å². The maximum atomic E-state index is 11.6. The summed E-state index contributed by atoms with van der Waals surface area (Å²) in [6.07, 6.45) is 5.77. The first kappa shape index (κ1) is 14.4. The van der Waals surface area contributed by atoms with Gasteiger partial charge in [0.25, 0.3) is 0 Å². The molecule has 15 heavy (non-hydrogen) atoms. The summed E-state index contributed by atoms with van der Waals surface area (Å²) in [5.74, 6) is 0.435. The van der Waals surface area contributed by atoms with Crippen LogP contribution in [0, 0.1) is 5.92 Å². The van der Waals surface area contributed by atoms with Gasteiger partial charge in [-0.3, -0.25) is 4.79 Å². The monoisotopic (exact) mass is 211 g/mol. The second-order valence-corrected chi connectivity index (χ2v) is 4.53. The van der Waals surface area contributed by atoms with Gasteiger partial charge in [-0.05, 0) is 33.4 Å². The Kier molecular flexibility index (Phi) is 7.31. The molecule has 1 unspecified atom stereocenters. The van der Waals surface area contributed by atoms with Crippen LogP contribution in [-0.2, 0) is 4.79 Å². The Labute approximate surface area is 94.4 Å². The Hall–Kier alpha value is -0.630. The maximum Gasteiger partial charge on any atom is 0.158 e. The summed E-state index contributed by atoms with van der Waals surface area (Å²) in [5, 5.41) is 0. The van der Waals surface area contributed by atoms with Crippen LogP contribution in [0.25, 0.3) is 0 Å². The molecule has 88 valence electrons. The molecule has 0 bridgehead atoms. The van der Waals surface area contributed by atoms with Gasteiger partial charge in [-0.2, -0.15) is 0 Å². The molecule has 0 aliphatic heterocycles. The zero-order chi connectivity index (χ0) is 11.8. The molecule has 0 saturated heterocycles. The Balaban J connectivity index is 3.91. The van der Waals surface area contributed by atoms with Crippen LogP contribution in [-0.4, -0.2) is 30.3 Å². The molecular weight excluding hydrogens is 186 g/mol. The molecule has 1 atom stereocenters. The molecule has 0 radical (unpaired) electrons. The minimum atomic E-state index is 0.176. The van der Waals surface area contributed by atoms with Crippen molar-refractivity contribution in [2.45, 2.75) is 46.6 Å². The van der Waals surface area contributed by atoms with Gasteiger partial charge in [0.15, 0.2) is 5.78 Å². The highest BCUT2D eigenvalue weighted by molar-refractivity contribution is 5.91. The predicted molar refractivity (Wildman–Crippen MR) is 66.0 cm³/mol. The lowest BCUT2D eigenvalue weighted by Crippen LogP contribution is -2.26. The Bertz CT molecular complexity index is 209. The van der Waals surface area contributed by atoms with Crippen molar-refractivity contribution in [2.24, 2.45) is 5.92 Å². The zero-order valence-corrected chi connectivity index (χ0v) is 10.8. The third-order valence-corrected chi connectivity index (χ3v) is 2.76. The molecule has 0 saturated carbocycles. The molecule has 2 heteroatoms. The number of hydrogen-bond acceptors (Lipinski definition) is 2. The van der Waals surface area contributed by atoms with Gasteiger partial charge < -0.3 is 4.90 Å². The van der Waals surface area contributed by atoms with Gasteiger partial charge in [0.1, 0.15) is 0 Å². The lowest BCUT2D eigenvalue weighted by atomic mass is 10.0. The molecule has 0 heterocycles. The van der Waals surface area contributed by atoms with Crippen molar-refractivity contribution in [3.63, 3.8) is 0 Å². The SMILES string of the molecule is CCCC(C)C(=O)/C=C/CN(C)C(C)C. The second-order valence-electron chi connectivity index (χ2n) is 4.53. The van der Waals surface area contributed by atoms with Crippen molar-refractivity contribution in [3.05, 3.63) is 12.2 Å². The first-order valence-electron chi connectivity index (χ1n) is 5.89.